The minimum atomic E-state index is -3.36. The second kappa shape index (κ2) is 4.52. The fraction of sp³-hybridized carbons (Fsp3) is 0.300. The summed E-state index contributed by atoms with van der Waals surface area (Å²) in [5.74, 6) is -0.334. The third kappa shape index (κ3) is 2.96. The average molecular weight is 242 g/mol. The van der Waals surface area contributed by atoms with Crippen LogP contribution in [0.2, 0.25) is 0 Å². The lowest BCUT2D eigenvalue weighted by atomic mass is 10.2. The van der Waals surface area contributed by atoms with Crippen LogP contribution in [0, 0.1) is 0 Å². The normalized spacial score (nSPS) is 11.1. The van der Waals surface area contributed by atoms with Gasteiger partial charge in [0.25, 0.3) is 5.91 Å². The summed E-state index contributed by atoms with van der Waals surface area (Å²) < 4.78 is 22.7. The van der Waals surface area contributed by atoms with Crippen molar-refractivity contribution in [2.24, 2.45) is 0 Å². The van der Waals surface area contributed by atoms with Crippen molar-refractivity contribution in [2.75, 3.05) is 18.5 Å². The van der Waals surface area contributed by atoms with Crippen molar-refractivity contribution in [1.29, 1.82) is 0 Å². The van der Waals surface area contributed by atoms with Crippen molar-refractivity contribution in [2.45, 2.75) is 11.8 Å². The molecule has 0 radical (unpaired) electrons. The van der Waals surface area contributed by atoms with E-state index in [4.69, 9.17) is 5.73 Å². The van der Waals surface area contributed by atoms with Gasteiger partial charge in [-0.3, -0.25) is 4.79 Å². The number of sulfone groups is 1. The summed E-state index contributed by atoms with van der Waals surface area (Å²) in [7, 11) is -3.36. The van der Waals surface area contributed by atoms with E-state index >= 15 is 0 Å². The Kier molecular flexibility index (Phi) is 3.54. The smallest absolute Gasteiger partial charge is 0.251 e. The first-order chi connectivity index (χ1) is 7.34. The van der Waals surface area contributed by atoms with Gasteiger partial charge < -0.3 is 11.1 Å². The standard InChI is InChI=1S/C10H14N2O3S/c1-3-12-10(13)7-4-8(11)6-9(5-7)16(2,14)15/h4-6H,3,11H2,1-2H3,(H,12,13). The van der Waals surface area contributed by atoms with Crippen LogP contribution in [-0.2, 0) is 9.84 Å². The number of anilines is 1. The number of hydrogen-bond acceptors (Lipinski definition) is 4. The fourth-order valence-electron chi connectivity index (χ4n) is 1.23. The van der Waals surface area contributed by atoms with Crippen molar-refractivity contribution in [1.82, 2.24) is 5.32 Å². The highest BCUT2D eigenvalue weighted by Crippen LogP contribution is 2.16. The molecule has 0 saturated carbocycles. The summed E-state index contributed by atoms with van der Waals surface area (Å²) in [6.07, 6.45) is 1.07. The molecule has 0 unspecified atom stereocenters. The van der Waals surface area contributed by atoms with E-state index in [1.807, 2.05) is 0 Å². The highest BCUT2D eigenvalue weighted by Gasteiger charge is 2.12. The lowest BCUT2D eigenvalue weighted by molar-refractivity contribution is 0.0955. The Labute approximate surface area is 94.6 Å². The van der Waals surface area contributed by atoms with Crippen LogP contribution in [0.3, 0.4) is 0 Å². The van der Waals surface area contributed by atoms with Gasteiger partial charge >= 0.3 is 0 Å². The molecular formula is C10H14N2O3S. The van der Waals surface area contributed by atoms with Crippen molar-refractivity contribution < 1.29 is 13.2 Å². The Morgan fingerprint density at radius 3 is 2.50 bits per heavy atom. The SMILES string of the molecule is CCNC(=O)c1cc(N)cc(S(C)(=O)=O)c1. The number of rotatable bonds is 3. The van der Waals surface area contributed by atoms with Crippen LogP contribution < -0.4 is 11.1 Å². The van der Waals surface area contributed by atoms with Gasteiger partial charge in [0.05, 0.1) is 4.90 Å². The van der Waals surface area contributed by atoms with E-state index in [1.54, 1.807) is 6.92 Å². The van der Waals surface area contributed by atoms with Gasteiger partial charge in [0.2, 0.25) is 0 Å². The van der Waals surface area contributed by atoms with Crippen molar-refractivity contribution >= 4 is 21.4 Å². The molecule has 0 saturated heterocycles. The third-order valence-corrected chi connectivity index (χ3v) is 3.05. The molecule has 1 rings (SSSR count). The molecule has 0 heterocycles. The van der Waals surface area contributed by atoms with E-state index in [2.05, 4.69) is 5.32 Å². The van der Waals surface area contributed by atoms with Crippen LogP contribution in [0.5, 0.6) is 0 Å². The summed E-state index contributed by atoms with van der Waals surface area (Å²) in [5, 5.41) is 2.58. The minimum absolute atomic E-state index is 0.0498. The molecule has 5 nitrogen and oxygen atoms in total. The first-order valence-electron chi connectivity index (χ1n) is 4.73. The summed E-state index contributed by atoms with van der Waals surface area (Å²) in [5.41, 5.74) is 6.05. The molecule has 0 aromatic heterocycles. The summed E-state index contributed by atoms with van der Waals surface area (Å²) >= 11 is 0. The fourth-order valence-corrected chi connectivity index (χ4v) is 1.92. The predicted octanol–water partition coefficient (Wildman–Crippen LogP) is 0.422. The molecule has 1 aromatic rings. The zero-order valence-corrected chi connectivity index (χ0v) is 9.97. The Bertz CT molecular complexity index is 509. The summed E-state index contributed by atoms with van der Waals surface area (Å²) in [6, 6.07) is 4.09. The van der Waals surface area contributed by atoms with Crippen molar-refractivity contribution in [3.63, 3.8) is 0 Å². The monoisotopic (exact) mass is 242 g/mol. The van der Waals surface area contributed by atoms with E-state index < -0.39 is 9.84 Å². The number of benzene rings is 1. The number of carbonyl (C=O) groups excluding carboxylic acids is 1. The first-order valence-corrected chi connectivity index (χ1v) is 6.62. The number of carbonyl (C=O) groups is 1. The second-order valence-corrected chi connectivity index (χ2v) is 5.44. The zero-order chi connectivity index (χ0) is 12.3. The first kappa shape index (κ1) is 12.5. The van der Waals surface area contributed by atoms with E-state index in [-0.39, 0.29) is 22.1 Å². The van der Waals surface area contributed by atoms with Crippen LogP contribution in [-0.4, -0.2) is 27.1 Å². The van der Waals surface area contributed by atoms with Gasteiger partial charge in [-0.2, -0.15) is 0 Å². The Morgan fingerprint density at radius 1 is 1.38 bits per heavy atom. The number of nitrogen functional groups attached to an aromatic ring is 1. The molecule has 0 atom stereocenters. The van der Waals surface area contributed by atoms with E-state index in [1.165, 1.54) is 18.2 Å². The van der Waals surface area contributed by atoms with Crippen molar-refractivity contribution in [3.05, 3.63) is 23.8 Å². The van der Waals surface area contributed by atoms with E-state index in [0.29, 0.717) is 6.54 Å². The maximum atomic E-state index is 11.5. The van der Waals surface area contributed by atoms with E-state index in [0.717, 1.165) is 6.26 Å². The van der Waals surface area contributed by atoms with Crippen molar-refractivity contribution in [3.8, 4) is 0 Å². The molecule has 16 heavy (non-hydrogen) atoms. The van der Waals surface area contributed by atoms with Crippen LogP contribution in [0.4, 0.5) is 5.69 Å². The van der Waals surface area contributed by atoms with Crippen LogP contribution in [0.15, 0.2) is 23.1 Å². The second-order valence-electron chi connectivity index (χ2n) is 3.42. The van der Waals surface area contributed by atoms with Crippen LogP contribution in [0.1, 0.15) is 17.3 Å². The quantitative estimate of drug-likeness (QED) is 0.752. The number of nitrogens with two attached hydrogens (primary N) is 1. The average Bonchev–Trinajstić information content (AvgIpc) is 2.16. The van der Waals surface area contributed by atoms with Gasteiger partial charge in [-0.1, -0.05) is 0 Å². The molecule has 0 aliphatic rings. The largest absolute Gasteiger partial charge is 0.399 e. The van der Waals surface area contributed by atoms with Gasteiger partial charge in [0.15, 0.2) is 9.84 Å². The lowest BCUT2D eigenvalue weighted by Gasteiger charge is -2.06. The molecule has 6 heteroatoms. The number of amides is 1. The Morgan fingerprint density at radius 2 is 2.00 bits per heavy atom. The zero-order valence-electron chi connectivity index (χ0n) is 9.15. The molecular weight excluding hydrogens is 228 g/mol. The molecule has 88 valence electrons. The predicted molar refractivity (Wildman–Crippen MR) is 62.0 cm³/mol. The highest BCUT2D eigenvalue weighted by molar-refractivity contribution is 7.90. The van der Waals surface area contributed by atoms with E-state index in [9.17, 15) is 13.2 Å². The lowest BCUT2D eigenvalue weighted by Crippen LogP contribution is -2.23. The van der Waals surface area contributed by atoms with Gasteiger partial charge in [0, 0.05) is 24.1 Å². The topological polar surface area (TPSA) is 89.3 Å². The molecule has 0 aliphatic heterocycles. The minimum Gasteiger partial charge on any atom is -0.399 e. The third-order valence-electron chi connectivity index (χ3n) is 1.96. The Hall–Kier alpha value is -1.56. The van der Waals surface area contributed by atoms with Gasteiger partial charge in [-0.15, -0.1) is 0 Å². The highest BCUT2D eigenvalue weighted by atomic mass is 32.2. The molecule has 1 amide bonds. The maximum absolute atomic E-state index is 11.5. The molecule has 0 aliphatic carbocycles. The van der Waals surface area contributed by atoms with Gasteiger partial charge in [0.1, 0.15) is 0 Å². The summed E-state index contributed by atoms with van der Waals surface area (Å²) in [4.78, 5) is 11.6. The number of hydrogen-bond donors (Lipinski definition) is 2. The van der Waals surface area contributed by atoms with Gasteiger partial charge in [-0.05, 0) is 25.1 Å². The molecule has 0 spiro atoms. The molecule has 3 N–H and O–H groups in total. The Balaban J connectivity index is 3.24. The molecule has 1 aromatic carbocycles. The van der Waals surface area contributed by atoms with Crippen LogP contribution >= 0.6 is 0 Å². The van der Waals surface area contributed by atoms with Crippen LogP contribution in [0.25, 0.3) is 0 Å². The molecule has 0 fully saturated rings. The number of nitrogens with one attached hydrogen (secondary N) is 1. The maximum Gasteiger partial charge on any atom is 0.251 e. The molecule has 0 bridgehead atoms. The summed E-state index contributed by atoms with van der Waals surface area (Å²) in [6.45, 7) is 2.25. The van der Waals surface area contributed by atoms with Gasteiger partial charge in [-0.25, -0.2) is 8.42 Å².